The number of ether oxygens (including phenoxy) is 1. The number of nitrogens with zero attached hydrogens (tertiary/aromatic N) is 1. The second-order valence-corrected chi connectivity index (χ2v) is 6.41. The lowest BCUT2D eigenvalue weighted by atomic mass is 10.1. The molecule has 6 nitrogen and oxygen atoms in total. The first-order valence-corrected chi connectivity index (χ1v) is 7.12. The Labute approximate surface area is 109 Å². The van der Waals surface area contributed by atoms with E-state index < -0.39 is 21.7 Å². The van der Waals surface area contributed by atoms with Gasteiger partial charge in [-0.2, -0.15) is 17.4 Å². The summed E-state index contributed by atoms with van der Waals surface area (Å²) < 4.78 is 32.3. The molecule has 0 saturated heterocycles. The molecule has 0 aromatic carbocycles. The van der Waals surface area contributed by atoms with Crippen LogP contribution in [0.4, 0.5) is 0 Å². The number of rotatable bonds is 7. The van der Waals surface area contributed by atoms with Crippen molar-refractivity contribution in [1.29, 1.82) is 0 Å². The van der Waals surface area contributed by atoms with Gasteiger partial charge in [0.25, 0.3) is 10.2 Å². The molecule has 0 bridgehead atoms. The summed E-state index contributed by atoms with van der Waals surface area (Å²) in [7, 11) is -3.74. The first-order valence-electron chi connectivity index (χ1n) is 5.68. The summed E-state index contributed by atoms with van der Waals surface area (Å²) in [5, 5.41) is 0. The molecule has 0 heterocycles. The van der Waals surface area contributed by atoms with Crippen LogP contribution < -0.4 is 4.72 Å². The Kier molecular flexibility index (Phi) is 6.51. The first kappa shape index (κ1) is 17.1. The van der Waals surface area contributed by atoms with Crippen LogP contribution >= 0.6 is 0 Å². The third-order valence-corrected chi connectivity index (χ3v) is 3.55. The third-order valence-electron chi connectivity index (χ3n) is 1.72. The Hall–Kier alpha value is -0.920. The van der Waals surface area contributed by atoms with Gasteiger partial charge in [-0.3, -0.25) is 4.79 Å². The summed E-state index contributed by atoms with van der Waals surface area (Å²) in [6, 6.07) is 0. The maximum Gasteiger partial charge on any atom is 0.321 e. The normalized spacial score (nSPS) is 12.5. The number of hydrogen-bond acceptors (Lipinski definition) is 4. The van der Waals surface area contributed by atoms with Crippen molar-refractivity contribution in [2.45, 2.75) is 33.2 Å². The molecular formula is C11H22N2O4S. The maximum absolute atomic E-state index is 12.0. The molecule has 18 heavy (non-hydrogen) atoms. The van der Waals surface area contributed by atoms with Crippen LogP contribution in [0.25, 0.3) is 0 Å². The second kappa shape index (κ2) is 6.86. The average molecular weight is 278 g/mol. The number of nitrogens with one attached hydrogen (secondary N) is 1. The monoisotopic (exact) mass is 278 g/mol. The van der Waals surface area contributed by atoms with Crippen molar-refractivity contribution in [3.8, 4) is 0 Å². The molecule has 7 heteroatoms. The van der Waals surface area contributed by atoms with E-state index in [-0.39, 0.29) is 19.7 Å². The molecule has 0 aliphatic carbocycles. The van der Waals surface area contributed by atoms with Crippen molar-refractivity contribution in [2.24, 2.45) is 0 Å². The number of hydrogen-bond donors (Lipinski definition) is 1. The van der Waals surface area contributed by atoms with E-state index in [1.54, 1.807) is 27.7 Å². The average Bonchev–Trinajstić information content (AvgIpc) is 2.13. The van der Waals surface area contributed by atoms with E-state index in [9.17, 15) is 13.2 Å². The Morgan fingerprint density at radius 2 is 2.00 bits per heavy atom. The van der Waals surface area contributed by atoms with Crippen LogP contribution in [0.3, 0.4) is 0 Å². The van der Waals surface area contributed by atoms with Gasteiger partial charge in [-0.05, 0) is 27.7 Å². The van der Waals surface area contributed by atoms with Crippen LogP contribution in [0.5, 0.6) is 0 Å². The van der Waals surface area contributed by atoms with Crippen molar-refractivity contribution in [2.75, 3.05) is 19.7 Å². The fourth-order valence-electron chi connectivity index (χ4n) is 1.19. The molecule has 0 aliphatic heterocycles. The topological polar surface area (TPSA) is 75.7 Å². The van der Waals surface area contributed by atoms with Gasteiger partial charge in [-0.1, -0.05) is 6.08 Å². The molecule has 1 N–H and O–H groups in total. The van der Waals surface area contributed by atoms with Gasteiger partial charge >= 0.3 is 5.97 Å². The fraction of sp³-hybridized carbons (Fsp3) is 0.727. The number of carbonyl (C=O) groups is 1. The van der Waals surface area contributed by atoms with E-state index in [4.69, 9.17) is 4.74 Å². The van der Waals surface area contributed by atoms with E-state index in [2.05, 4.69) is 11.3 Å². The zero-order chi connectivity index (χ0) is 14.4. The predicted molar refractivity (Wildman–Crippen MR) is 70.2 cm³/mol. The van der Waals surface area contributed by atoms with Gasteiger partial charge in [0.15, 0.2) is 0 Å². The van der Waals surface area contributed by atoms with Gasteiger partial charge in [0, 0.05) is 12.1 Å². The summed E-state index contributed by atoms with van der Waals surface area (Å²) in [5.74, 6) is -0.585. The largest absolute Gasteiger partial charge is 0.465 e. The lowest BCUT2D eigenvalue weighted by molar-refractivity contribution is -0.143. The molecule has 0 unspecified atom stereocenters. The molecule has 0 aromatic rings. The highest BCUT2D eigenvalue weighted by molar-refractivity contribution is 7.87. The van der Waals surface area contributed by atoms with E-state index in [0.29, 0.717) is 0 Å². The van der Waals surface area contributed by atoms with Crippen molar-refractivity contribution < 1.29 is 17.9 Å². The van der Waals surface area contributed by atoms with Crippen LogP contribution in [0, 0.1) is 0 Å². The fourth-order valence-corrected chi connectivity index (χ4v) is 2.67. The summed E-state index contributed by atoms with van der Waals surface area (Å²) in [6.07, 6.45) is 1.42. The lowest BCUT2D eigenvalue weighted by Crippen LogP contribution is -2.50. The Morgan fingerprint density at radius 3 is 2.39 bits per heavy atom. The molecule has 0 saturated carbocycles. The summed E-state index contributed by atoms with van der Waals surface area (Å²) >= 11 is 0. The highest BCUT2D eigenvalue weighted by Crippen LogP contribution is 2.07. The van der Waals surface area contributed by atoms with Crippen molar-refractivity contribution in [3.05, 3.63) is 12.7 Å². The Bertz CT molecular complexity index is 384. The second-order valence-electron chi connectivity index (χ2n) is 4.74. The first-order chi connectivity index (χ1) is 8.12. The zero-order valence-electron chi connectivity index (χ0n) is 11.4. The van der Waals surface area contributed by atoms with Crippen LogP contribution in [0.15, 0.2) is 12.7 Å². The molecule has 0 radical (unpaired) electrons. The smallest absolute Gasteiger partial charge is 0.321 e. The minimum atomic E-state index is -3.74. The number of carbonyl (C=O) groups excluding carboxylic acids is 1. The Balaban J connectivity index is 4.87. The van der Waals surface area contributed by atoms with Gasteiger partial charge in [0.05, 0.1) is 6.61 Å². The van der Waals surface area contributed by atoms with Gasteiger partial charge in [-0.15, -0.1) is 6.58 Å². The van der Waals surface area contributed by atoms with E-state index >= 15 is 0 Å². The standard InChI is InChI=1S/C11H22N2O4S/c1-6-8-13(9-10(14)17-7-2)18(15,16)12-11(3,4)5/h6,12H,1,7-9H2,2-5H3. The molecule has 0 atom stereocenters. The van der Waals surface area contributed by atoms with Crippen molar-refractivity contribution >= 4 is 16.2 Å². The number of esters is 1. The quantitative estimate of drug-likeness (QED) is 0.548. The van der Waals surface area contributed by atoms with Gasteiger partial charge < -0.3 is 4.74 Å². The van der Waals surface area contributed by atoms with Crippen molar-refractivity contribution in [1.82, 2.24) is 9.03 Å². The van der Waals surface area contributed by atoms with Crippen LogP contribution in [-0.2, 0) is 19.7 Å². The lowest BCUT2D eigenvalue weighted by Gasteiger charge is -2.26. The molecule has 0 amide bonds. The van der Waals surface area contributed by atoms with Crippen LogP contribution in [0.1, 0.15) is 27.7 Å². The third kappa shape index (κ3) is 6.73. The molecule has 106 valence electrons. The van der Waals surface area contributed by atoms with E-state index in [1.807, 2.05) is 0 Å². The van der Waals surface area contributed by atoms with E-state index in [0.717, 1.165) is 4.31 Å². The van der Waals surface area contributed by atoms with Gasteiger partial charge in [0.1, 0.15) is 6.54 Å². The SMILES string of the molecule is C=CCN(CC(=O)OCC)S(=O)(=O)NC(C)(C)C. The van der Waals surface area contributed by atoms with E-state index in [1.165, 1.54) is 6.08 Å². The molecule has 0 fully saturated rings. The van der Waals surface area contributed by atoms with Crippen LogP contribution in [0.2, 0.25) is 0 Å². The van der Waals surface area contributed by atoms with Gasteiger partial charge in [-0.25, -0.2) is 0 Å². The highest BCUT2D eigenvalue weighted by atomic mass is 32.2. The maximum atomic E-state index is 12.0. The summed E-state index contributed by atoms with van der Waals surface area (Å²) in [6.45, 7) is 10.2. The zero-order valence-corrected chi connectivity index (χ0v) is 12.2. The molecule has 0 rings (SSSR count). The van der Waals surface area contributed by atoms with Crippen LogP contribution in [-0.4, -0.2) is 43.9 Å². The van der Waals surface area contributed by atoms with Crippen molar-refractivity contribution in [3.63, 3.8) is 0 Å². The molecule has 0 aromatic heterocycles. The minimum absolute atomic E-state index is 0.0459. The summed E-state index contributed by atoms with van der Waals surface area (Å²) in [5.41, 5.74) is -0.618. The Morgan fingerprint density at radius 1 is 1.44 bits per heavy atom. The minimum Gasteiger partial charge on any atom is -0.465 e. The van der Waals surface area contributed by atoms with Gasteiger partial charge in [0.2, 0.25) is 0 Å². The molecule has 0 aliphatic rings. The predicted octanol–water partition coefficient (Wildman–Crippen LogP) is 0.670. The molecular weight excluding hydrogens is 256 g/mol. The summed E-state index contributed by atoms with van der Waals surface area (Å²) in [4.78, 5) is 11.4. The highest BCUT2D eigenvalue weighted by Gasteiger charge is 2.28. The molecule has 0 spiro atoms.